The zero-order valence-electron chi connectivity index (χ0n) is 12.3. The standard InChI is InChI=1S/C15H22N2O4/c1-2-20-15(18)12-3-4-13(16)14(11-12)21-10-7-17-5-8-19-9-6-17/h3-4,11H,2,5-10,16H2,1H3. The number of carbonyl (C=O) groups excluding carboxylic acids is 1. The summed E-state index contributed by atoms with van der Waals surface area (Å²) in [7, 11) is 0. The van der Waals surface area contributed by atoms with E-state index in [1.165, 1.54) is 0 Å². The van der Waals surface area contributed by atoms with E-state index < -0.39 is 0 Å². The monoisotopic (exact) mass is 294 g/mol. The van der Waals surface area contributed by atoms with E-state index >= 15 is 0 Å². The number of esters is 1. The molecule has 0 radical (unpaired) electrons. The number of hydrogen-bond acceptors (Lipinski definition) is 6. The van der Waals surface area contributed by atoms with Gasteiger partial charge in [-0.15, -0.1) is 0 Å². The number of ether oxygens (including phenoxy) is 3. The van der Waals surface area contributed by atoms with E-state index in [-0.39, 0.29) is 5.97 Å². The van der Waals surface area contributed by atoms with Gasteiger partial charge in [0.05, 0.1) is 31.1 Å². The Hall–Kier alpha value is -1.79. The predicted molar refractivity (Wildman–Crippen MR) is 79.6 cm³/mol. The molecule has 0 spiro atoms. The smallest absolute Gasteiger partial charge is 0.338 e. The summed E-state index contributed by atoms with van der Waals surface area (Å²) in [5, 5.41) is 0. The molecule has 0 unspecified atom stereocenters. The highest BCUT2D eigenvalue weighted by atomic mass is 16.5. The van der Waals surface area contributed by atoms with Crippen LogP contribution >= 0.6 is 0 Å². The van der Waals surface area contributed by atoms with Gasteiger partial charge in [0.15, 0.2) is 0 Å². The molecule has 1 aliphatic heterocycles. The van der Waals surface area contributed by atoms with Gasteiger partial charge in [-0.05, 0) is 25.1 Å². The summed E-state index contributed by atoms with van der Waals surface area (Å²) in [6.45, 7) is 6.82. The molecule has 1 aliphatic rings. The molecule has 1 aromatic rings. The number of nitrogen functional groups attached to an aromatic ring is 1. The van der Waals surface area contributed by atoms with Crippen LogP contribution in [-0.2, 0) is 9.47 Å². The van der Waals surface area contributed by atoms with Crippen molar-refractivity contribution in [1.29, 1.82) is 0 Å². The topological polar surface area (TPSA) is 74.0 Å². The second kappa shape index (κ2) is 7.85. The van der Waals surface area contributed by atoms with Crippen molar-refractivity contribution < 1.29 is 19.0 Å². The lowest BCUT2D eigenvalue weighted by molar-refractivity contribution is 0.0322. The number of morpholine rings is 1. The molecule has 0 aliphatic carbocycles. The molecule has 2 rings (SSSR count). The average molecular weight is 294 g/mol. The van der Waals surface area contributed by atoms with Gasteiger partial charge in [0.25, 0.3) is 0 Å². The van der Waals surface area contributed by atoms with Crippen molar-refractivity contribution in [1.82, 2.24) is 4.90 Å². The Morgan fingerprint density at radius 3 is 2.86 bits per heavy atom. The van der Waals surface area contributed by atoms with Crippen LogP contribution in [0.25, 0.3) is 0 Å². The van der Waals surface area contributed by atoms with Gasteiger partial charge in [-0.25, -0.2) is 4.79 Å². The number of carbonyl (C=O) groups is 1. The Kier molecular flexibility index (Phi) is 5.83. The zero-order valence-corrected chi connectivity index (χ0v) is 12.3. The Labute approximate surface area is 124 Å². The van der Waals surface area contributed by atoms with Crippen LogP contribution < -0.4 is 10.5 Å². The van der Waals surface area contributed by atoms with Crippen molar-refractivity contribution in [3.8, 4) is 5.75 Å². The van der Waals surface area contributed by atoms with Crippen molar-refractivity contribution >= 4 is 11.7 Å². The van der Waals surface area contributed by atoms with Gasteiger partial charge in [0.2, 0.25) is 0 Å². The fourth-order valence-corrected chi connectivity index (χ4v) is 2.11. The van der Waals surface area contributed by atoms with E-state index in [2.05, 4.69) is 4.90 Å². The first kappa shape index (κ1) is 15.6. The third-order valence-corrected chi connectivity index (χ3v) is 3.29. The Balaban J connectivity index is 1.89. The molecule has 116 valence electrons. The van der Waals surface area contributed by atoms with Crippen LogP contribution in [0.2, 0.25) is 0 Å². The summed E-state index contributed by atoms with van der Waals surface area (Å²) >= 11 is 0. The van der Waals surface area contributed by atoms with Crippen LogP contribution in [-0.4, -0.2) is 56.9 Å². The maximum atomic E-state index is 11.7. The lowest BCUT2D eigenvalue weighted by Crippen LogP contribution is -2.38. The summed E-state index contributed by atoms with van der Waals surface area (Å²) in [5.74, 6) is 0.157. The minimum atomic E-state index is -0.365. The first-order chi connectivity index (χ1) is 10.2. The number of nitrogens with two attached hydrogens (primary N) is 1. The fourth-order valence-electron chi connectivity index (χ4n) is 2.11. The highest BCUT2D eigenvalue weighted by Crippen LogP contribution is 2.23. The molecule has 0 saturated carbocycles. The molecule has 21 heavy (non-hydrogen) atoms. The lowest BCUT2D eigenvalue weighted by Gasteiger charge is -2.26. The molecular formula is C15H22N2O4. The maximum absolute atomic E-state index is 11.7. The summed E-state index contributed by atoms with van der Waals surface area (Å²) in [5.41, 5.74) is 6.84. The molecular weight excluding hydrogens is 272 g/mol. The Bertz CT molecular complexity index is 473. The molecule has 1 heterocycles. The van der Waals surface area contributed by atoms with Gasteiger partial charge < -0.3 is 19.9 Å². The number of nitrogens with zero attached hydrogens (tertiary/aromatic N) is 1. The molecule has 6 heteroatoms. The van der Waals surface area contributed by atoms with Crippen LogP contribution in [0.15, 0.2) is 18.2 Å². The summed E-state index contributed by atoms with van der Waals surface area (Å²) < 4.78 is 16.0. The van der Waals surface area contributed by atoms with Gasteiger partial charge in [0.1, 0.15) is 12.4 Å². The SMILES string of the molecule is CCOC(=O)c1ccc(N)c(OCCN2CCOCC2)c1. The fraction of sp³-hybridized carbons (Fsp3) is 0.533. The van der Waals surface area contributed by atoms with Gasteiger partial charge in [0, 0.05) is 19.6 Å². The Morgan fingerprint density at radius 1 is 1.38 bits per heavy atom. The first-order valence-corrected chi connectivity index (χ1v) is 7.20. The van der Waals surface area contributed by atoms with E-state index in [1.54, 1.807) is 25.1 Å². The van der Waals surface area contributed by atoms with Crippen molar-refractivity contribution in [2.75, 3.05) is 51.8 Å². The number of anilines is 1. The van der Waals surface area contributed by atoms with Crippen LogP contribution in [0.5, 0.6) is 5.75 Å². The van der Waals surface area contributed by atoms with Gasteiger partial charge in [-0.3, -0.25) is 4.90 Å². The lowest BCUT2D eigenvalue weighted by atomic mass is 10.2. The second-order valence-corrected chi connectivity index (χ2v) is 4.78. The van der Waals surface area contributed by atoms with E-state index in [0.717, 1.165) is 32.8 Å². The van der Waals surface area contributed by atoms with Crippen molar-refractivity contribution in [3.05, 3.63) is 23.8 Å². The van der Waals surface area contributed by atoms with Crippen molar-refractivity contribution in [2.24, 2.45) is 0 Å². The van der Waals surface area contributed by atoms with Crippen LogP contribution in [0.4, 0.5) is 5.69 Å². The largest absolute Gasteiger partial charge is 0.490 e. The van der Waals surface area contributed by atoms with Crippen molar-refractivity contribution in [3.63, 3.8) is 0 Å². The highest BCUT2D eigenvalue weighted by molar-refractivity contribution is 5.90. The molecule has 2 N–H and O–H groups in total. The molecule has 1 fully saturated rings. The van der Waals surface area contributed by atoms with E-state index in [4.69, 9.17) is 19.9 Å². The normalized spacial score (nSPS) is 15.7. The summed E-state index contributed by atoms with van der Waals surface area (Å²) in [6.07, 6.45) is 0. The summed E-state index contributed by atoms with van der Waals surface area (Å²) in [6, 6.07) is 4.94. The minimum absolute atomic E-state index is 0.344. The Morgan fingerprint density at radius 2 is 2.14 bits per heavy atom. The van der Waals surface area contributed by atoms with Gasteiger partial charge >= 0.3 is 5.97 Å². The molecule has 0 atom stereocenters. The van der Waals surface area contributed by atoms with E-state index in [9.17, 15) is 4.79 Å². The minimum Gasteiger partial charge on any atom is -0.490 e. The number of rotatable bonds is 6. The molecule has 6 nitrogen and oxygen atoms in total. The zero-order chi connectivity index (χ0) is 15.1. The predicted octanol–water partition coefficient (Wildman–Crippen LogP) is 1.16. The van der Waals surface area contributed by atoms with Crippen molar-refractivity contribution in [2.45, 2.75) is 6.92 Å². The number of hydrogen-bond donors (Lipinski definition) is 1. The average Bonchev–Trinajstić information content (AvgIpc) is 2.50. The van der Waals surface area contributed by atoms with Crippen LogP contribution in [0.1, 0.15) is 17.3 Å². The van der Waals surface area contributed by atoms with Crippen LogP contribution in [0.3, 0.4) is 0 Å². The molecule has 1 aromatic carbocycles. The molecule has 0 aromatic heterocycles. The molecule has 0 amide bonds. The third-order valence-electron chi connectivity index (χ3n) is 3.29. The maximum Gasteiger partial charge on any atom is 0.338 e. The third kappa shape index (κ3) is 4.61. The van der Waals surface area contributed by atoms with Gasteiger partial charge in [-0.2, -0.15) is 0 Å². The number of benzene rings is 1. The van der Waals surface area contributed by atoms with Gasteiger partial charge in [-0.1, -0.05) is 0 Å². The first-order valence-electron chi connectivity index (χ1n) is 7.20. The molecule has 1 saturated heterocycles. The van der Waals surface area contributed by atoms with E-state index in [0.29, 0.717) is 30.2 Å². The highest BCUT2D eigenvalue weighted by Gasteiger charge is 2.12. The second-order valence-electron chi connectivity index (χ2n) is 4.78. The quantitative estimate of drug-likeness (QED) is 0.627. The van der Waals surface area contributed by atoms with E-state index in [1.807, 2.05) is 0 Å². The molecule has 0 bridgehead atoms. The summed E-state index contributed by atoms with van der Waals surface area (Å²) in [4.78, 5) is 14.0. The van der Waals surface area contributed by atoms with Crippen LogP contribution in [0, 0.1) is 0 Å².